The number of aromatic nitrogens is 2. The first-order chi connectivity index (χ1) is 13.1. The van der Waals surface area contributed by atoms with Gasteiger partial charge in [-0.1, -0.05) is 31.4 Å². The summed E-state index contributed by atoms with van der Waals surface area (Å²) < 4.78 is 7.19. The Labute approximate surface area is 158 Å². The predicted octanol–water partition coefficient (Wildman–Crippen LogP) is 3.99. The molecule has 1 saturated carbocycles. The molecule has 6 heteroatoms. The van der Waals surface area contributed by atoms with E-state index in [1.807, 2.05) is 49.3 Å². The Morgan fingerprint density at radius 3 is 2.67 bits per heavy atom. The van der Waals surface area contributed by atoms with Gasteiger partial charge in [0.25, 0.3) is 5.56 Å². The largest absolute Gasteiger partial charge is 0.440 e. The van der Waals surface area contributed by atoms with Crippen LogP contribution in [0.5, 0.6) is 0 Å². The van der Waals surface area contributed by atoms with E-state index in [9.17, 15) is 4.79 Å². The number of benzene rings is 1. The zero-order chi connectivity index (χ0) is 18.8. The molecule has 140 valence electrons. The first kappa shape index (κ1) is 17.5. The second kappa shape index (κ2) is 7.39. The van der Waals surface area contributed by atoms with Gasteiger partial charge < -0.3 is 9.32 Å². The number of furan rings is 1. The summed E-state index contributed by atoms with van der Waals surface area (Å²) in [4.78, 5) is 19.8. The molecular formula is C21H24N4O2. The summed E-state index contributed by atoms with van der Waals surface area (Å²) in [6.07, 6.45) is 7.27. The fourth-order valence-corrected chi connectivity index (χ4v) is 3.64. The van der Waals surface area contributed by atoms with Crippen LogP contribution < -0.4 is 10.5 Å². The number of para-hydroxylation sites is 1. The van der Waals surface area contributed by atoms with Crippen LogP contribution in [0, 0.1) is 0 Å². The predicted molar refractivity (Wildman–Crippen MR) is 108 cm³/mol. The third-order valence-corrected chi connectivity index (χ3v) is 5.10. The fourth-order valence-electron chi connectivity index (χ4n) is 3.64. The minimum absolute atomic E-state index is 0.128. The van der Waals surface area contributed by atoms with Crippen LogP contribution in [0.15, 0.2) is 50.7 Å². The van der Waals surface area contributed by atoms with Gasteiger partial charge in [0, 0.05) is 26.1 Å². The molecule has 4 rings (SSSR count). The van der Waals surface area contributed by atoms with Gasteiger partial charge >= 0.3 is 0 Å². The van der Waals surface area contributed by atoms with E-state index in [4.69, 9.17) is 9.40 Å². The lowest BCUT2D eigenvalue weighted by Crippen LogP contribution is -2.25. The van der Waals surface area contributed by atoms with Crippen LogP contribution in [-0.2, 0) is 0 Å². The van der Waals surface area contributed by atoms with E-state index in [2.05, 4.69) is 5.10 Å². The first-order valence-corrected chi connectivity index (χ1v) is 9.46. The van der Waals surface area contributed by atoms with Crippen molar-refractivity contribution in [3.63, 3.8) is 0 Å². The normalized spacial score (nSPS) is 15.6. The quantitative estimate of drug-likeness (QED) is 0.657. The van der Waals surface area contributed by atoms with Gasteiger partial charge in [-0.05, 0) is 31.0 Å². The number of hydrogen-bond acceptors (Lipinski definition) is 5. The van der Waals surface area contributed by atoms with Crippen molar-refractivity contribution in [2.75, 3.05) is 19.0 Å². The number of anilines is 1. The Bertz CT molecular complexity index is 1030. The van der Waals surface area contributed by atoms with E-state index in [1.165, 1.54) is 23.9 Å². The summed E-state index contributed by atoms with van der Waals surface area (Å²) in [5.74, 6) is 2.37. The molecule has 1 fully saturated rings. The van der Waals surface area contributed by atoms with Crippen molar-refractivity contribution in [3.8, 4) is 0 Å². The molecule has 0 atom stereocenters. The van der Waals surface area contributed by atoms with E-state index >= 15 is 0 Å². The highest BCUT2D eigenvalue weighted by Crippen LogP contribution is 2.31. The molecule has 0 amide bonds. The second-order valence-corrected chi connectivity index (χ2v) is 7.25. The molecule has 2 aromatic heterocycles. The van der Waals surface area contributed by atoms with Crippen LogP contribution >= 0.6 is 0 Å². The number of fused-ring (bicyclic) bond motifs is 1. The summed E-state index contributed by atoms with van der Waals surface area (Å²) in [6, 6.07) is 11.2. The van der Waals surface area contributed by atoms with Gasteiger partial charge in [0.1, 0.15) is 11.6 Å². The molecule has 1 aromatic carbocycles. The molecule has 27 heavy (non-hydrogen) atoms. The molecule has 3 aromatic rings. The van der Waals surface area contributed by atoms with Gasteiger partial charge in [0.2, 0.25) is 0 Å². The summed E-state index contributed by atoms with van der Waals surface area (Å²) in [6.45, 7) is 0. The maximum absolute atomic E-state index is 13.1. The lowest BCUT2D eigenvalue weighted by molar-refractivity contribution is 0.416. The molecule has 1 aliphatic carbocycles. The maximum atomic E-state index is 13.1. The number of hydrogen-bond donors (Lipinski definition) is 0. The van der Waals surface area contributed by atoms with Crippen molar-refractivity contribution in [2.45, 2.75) is 38.0 Å². The van der Waals surface area contributed by atoms with Crippen LogP contribution in [0.4, 0.5) is 5.88 Å². The average molecular weight is 364 g/mol. The number of nitrogens with zero attached hydrogens (tertiary/aromatic N) is 4. The maximum Gasteiger partial charge on any atom is 0.282 e. The highest BCUT2D eigenvalue weighted by atomic mass is 16.4. The molecule has 0 aliphatic heterocycles. The Morgan fingerprint density at radius 2 is 1.93 bits per heavy atom. The fraction of sp³-hybridized carbons (Fsp3) is 0.381. The van der Waals surface area contributed by atoms with Crippen LogP contribution in [0.25, 0.3) is 10.9 Å². The van der Waals surface area contributed by atoms with Gasteiger partial charge in [0.05, 0.1) is 17.1 Å². The van der Waals surface area contributed by atoms with Gasteiger partial charge in [-0.2, -0.15) is 9.78 Å². The smallest absolute Gasteiger partial charge is 0.282 e. The van der Waals surface area contributed by atoms with E-state index in [0.29, 0.717) is 11.1 Å². The Balaban J connectivity index is 1.80. The molecule has 0 bridgehead atoms. The third-order valence-electron chi connectivity index (χ3n) is 5.10. The molecule has 0 unspecified atom stereocenters. The lowest BCUT2D eigenvalue weighted by atomic mass is 9.88. The standard InChI is InChI=1S/C21H24N4O2/c1-24(2)19-13-12-16(27-19)14-22-25-20(15-8-4-3-5-9-15)23-18-11-7-6-10-17(18)21(25)26/h6-7,10-15H,3-5,8-9H2,1-2H3. The second-order valence-electron chi connectivity index (χ2n) is 7.25. The molecule has 0 radical (unpaired) electrons. The summed E-state index contributed by atoms with van der Waals surface area (Å²) in [5, 5.41) is 5.06. The van der Waals surface area contributed by atoms with Crippen LogP contribution in [-0.4, -0.2) is 30.0 Å². The number of rotatable bonds is 4. The zero-order valence-corrected chi connectivity index (χ0v) is 15.8. The van der Waals surface area contributed by atoms with Gasteiger partial charge in [-0.3, -0.25) is 4.79 Å². The lowest BCUT2D eigenvalue weighted by Gasteiger charge is -2.22. The molecule has 2 heterocycles. The average Bonchev–Trinajstić information content (AvgIpc) is 3.17. The Hall–Kier alpha value is -2.89. The van der Waals surface area contributed by atoms with Crippen molar-refractivity contribution in [3.05, 3.63) is 58.3 Å². The molecule has 0 saturated heterocycles. The van der Waals surface area contributed by atoms with Gasteiger partial charge in [0.15, 0.2) is 5.88 Å². The van der Waals surface area contributed by atoms with Crippen molar-refractivity contribution in [2.24, 2.45) is 5.10 Å². The van der Waals surface area contributed by atoms with Crippen molar-refractivity contribution >= 4 is 23.0 Å². The zero-order valence-electron chi connectivity index (χ0n) is 15.8. The minimum Gasteiger partial charge on any atom is -0.440 e. The van der Waals surface area contributed by atoms with E-state index < -0.39 is 0 Å². The highest BCUT2D eigenvalue weighted by molar-refractivity contribution is 5.79. The van der Waals surface area contributed by atoms with Crippen LogP contribution in [0.1, 0.15) is 49.6 Å². The molecule has 1 aliphatic rings. The van der Waals surface area contributed by atoms with Gasteiger partial charge in [-0.15, -0.1) is 0 Å². The molecule has 6 nitrogen and oxygen atoms in total. The van der Waals surface area contributed by atoms with Crippen molar-refractivity contribution in [1.29, 1.82) is 0 Å². The van der Waals surface area contributed by atoms with E-state index in [0.717, 1.165) is 30.1 Å². The molecule has 0 N–H and O–H groups in total. The topological polar surface area (TPSA) is 63.6 Å². The molecule has 0 spiro atoms. The van der Waals surface area contributed by atoms with Crippen molar-refractivity contribution in [1.82, 2.24) is 9.66 Å². The monoisotopic (exact) mass is 364 g/mol. The Kier molecular flexibility index (Phi) is 4.79. The minimum atomic E-state index is -0.128. The van der Waals surface area contributed by atoms with E-state index in [1.54, 1.807) is 12.3 Å². The van der Waals surface area contributed by atoms with Crippen LogP contribution in [0.2, 0.25) is 0 Å². The Morgan fingerprint density at radius 1 is 1.15 bits per heavy atom. The van der Waals surface area contributed by atoms with Gasteiger partial charge in [-0.25, -0.2) is 4.98 Å². The summed E-state index contributed by atoms with van der Waals surface area (Å²) in [5.41, 5.74) is 0.610. The van der Waals surface area contributed by atoms with Crippen LogP contribution in [0.3, 0.4) is 0 Å². The third kappa shape index (κ3) is 3.52. The summed E-state index contributed by atoms with van der Waals surface area (Å²) in [7, 11) is 3.83. The first-order valence-electron chi connectivity index (χ1n) is 9.46. The van der Waals surface area contributed by atoms with E-state index in [-0.39, 0.29) is 11.5 Å². The SMILES string of the molecule is CN(C)c1ccc(C=Nn2c(C3CCCCC3)nc3ccccc3c2=O)o1. The summed E-state index contributed by atoms with van der Waals surface area (Å²) >= 11 is 0. The van der Waals surface area contributed by atoms with Crippen molar-refractivity contribution < 1.29 is 4.42 Å². The molecular weight excluding hydrogens is 340 g/mol. The highest BCUT2D eigenvalue weighted by Gasteiger charge is 2.22.